The molecule has 1 saturated heterocycles. The highest BCUT2D eigenvalue weighted by atomic mass is 35.5. The quantitative estimate of drug-likeness (QED) is 0.880. The van der Waals surface area contributed by atoms with E-state index in [0.29, 0.717) is 5.75 Å². The third-order valence-electron chi connectivity index (χ3n) is 3.30. The van der Waals surface area contributed by atoms with Crippen LogP contribution in [0.5, 0.6) is 5.75 Å². The normalized spacial score (nSPS) is 15.4. The summed E-state index contributed by atoms with van der Waals surface area (Å²) in [4.78, 5) is 2.47. The summed E-state index contributed by atoms with van der Waals surface area (Å²) >= 11 is 0. The molecule has 1 heterocycles. The van der Waals surface area contributed by atoms with Crippen molar-refractivity contribution in [1.29, 1.82) is 0 Å². The van der Waals surface area contributed by atoms with E-state index in [1.165, 1.54) is 30.6 Å². The average molecular weight is 242 g/mol. The van der Waals surface area contributed by atoms with Crippen molar-refractivity contribution in [2.75, 3.05) is 19.6 Å². The van der Waals surface area contributed by atoms with Gasteiger partial charge in [0.1, 0.15) is 5.75 Å². The van der Waals surface area contributed by atoms with Crippen LogP contribution >= 0.6 is 12.4 Å². The Hall–Kier alpha value is -0.730. The third-order valence-corrected chi connectivity index (χ3v) is 3.30. The highest BCUT2D eigenvalue weighted by molar-refractivity contribution is 5.85. The lowest BCUT2D eigenvalue weighted by molar-refractivity contribution is 0.184. The van der Waals surface area contributed by atoms with E-state index in [9.17, 15) is 5.11 Å². The Morgan fingerprint density at radius 3 is 2.44 bits per heavy atom. The number of halogens is 1. The lowest BCUT2D eigenvalue weighted by Gasteiger charge is -2.30. The average Bonchev–Trinajstić information content (AvgIpc) is 2.11. The van der Waals surface area contributed by atoms with Crippen LogP contribution in [0.2, 0.25) is 0 Å². The summed E-state index contributed by atoms with van der Waals surface area (Å²) in [5.41, 5.74) is 3.56. The van der Waals surface area contributed by atoms with E-state index >= 15 is 0 Å². The molecule has 1 aromatic carbocycles. The van der Waals surface area contributed by atoms with Gasteiger partial charge < -0.3 is 10.0 Å². The van der Waals surface area contributed by atoms with Crippen molar-refractivity contribution in [3.8, 4) is 5.75 Å². The maximum absolute atomic E-state index is 9.55. The van der Waals surface area contributed by atoms with Gasteiger partial charge in [-0.05, 0) is 62.5 Å². The first-order chi connectivity index (χ1) is 7.16. The second-order valence-electron chi connectivity index (χ2n) is 4.51. The number of likely N-dealkylation sites (tertiary alicyclic amines) is 1. The van der Waals surface area contributed by atoms with Gasteiger partial charge in [-0.3, -0.25) is 0 Å². The first-order valence-electron chi connectivity index (χ1n) is 5.68. The summed E-state index contributed by atoms with van der Waals surface area (Å²) in [5, 5.41) is 9.55. The largest absolute Gasteiger partial charge is 0.508 e. The van der Waals surface area contributed by atoms with Gasteiger partial charge in [0.25, 0.3) is 0 Å². The maximum atomic E-state index is 9.55. The number of phenolic OH excluding ortho intramolecular Hbond substituents is 1. The van der Waals surface area contributed by atoms with E-state index < -0.39 is 0 Å². The molecule has 0 aromatic heterocycles. The van der Waals surface area contributed by atoms with Gasteiger partial charge in [-0.25, -0.2) is 0 Å². The van der Waals surface area contributed by atoms with Crippen molar-refractivity contribution < 1.29 is 5.11 Å². The van der Waals surface area contributed by atoms with Gasteiger partial charge in [-0.1, -0.05) is 6.07 Å². The van der Waals surface area contributed by atoms with Crippen LogP contribution in [0.4, 0.5) is 0 Å². The van der Waals surface area contributed by atoms with Crippen LogP contribution in [0, 0.1) is 13.8 Å². The number of rotatable bonds is 3. The molecule has 0 spiro atoms. The van der Waals surface area contributed by atoms with Crippen LogP contribution < -0.4 is 0 Å². The molecule has 0 unspecified atom stereocenters. The second-order valence-corrected chi connectivity index (χ2v) is 4.51. The van der Waals surface area contributed by atoms with Crippen LogP contribution in [0.15, 0.2) is 12.1 Å². The molecule has 3 heteroatoms. The SMILES string of the molecule is Cc1cc(CCN2CCC2)c(C)cc1O.Cl. The fourth-order valence-corrected chi connectivity index (χ4v) is 2.01. The van der Waals surface area contributed by atoms with Gasteiger partial charge in [0.05, 0.1) is 0 Å². The van der Waals surface area contributed by atoms with Gasteiger partial charge >= 0.3 is 0 Å². The van der Waals surface area contributed by atoms with Crippen LogP contribution in [-0.4, -0.2) is 29.6 Å². The van der Waals surface area contributed by atoms with Crippen molar-refractivity contribution in [1.82, 2.24) is 4.90 Å². The van der Waals surface area contributed by atoms with Crippen LogP contribution in [0.3, 0.4) is 0 Å². The molecule has 1 aliphatic heterocycles. The lowest BCUT2D eigenvalue weighted by Crippen LogP contribution is -2.38. The monoisotopic (exact) mass is 241 g/mol. The molecule has 1 fully saturated rings. The van der Waals surface area contributed by atoms with E-state index in [2.05, 4.69) is 17.9 Å². The minimum atomic E-state index is 0. The van der Waals surface area contributed by atoms with E-state index in [-0.39, 0.29) is 12.4 Å². The van der Waals surface area contributed by atoms with Crippen molar-refractivity contribution in [2.45, 2.75) is 26.7 Å². The van der Waals surface area contributed by atoms with Gasteiger partial charge in [0.15, 0.2) is 0 Å². The predicted octanol–water partition coefficient (Wildman–Crippen LogP) is 2.68. The molecular weight excluding hydrogens is 222 g/mol. The number of phenols is 1. The van der Waals surface area contributed by atoms with E-state index in [1.54, 1.807) is 0 Å². The lowest BCUT2D eigenvalue weighted by atomic mass is 10.0. The molecule has 1 N–H and O–H groups in total. The molecule has 0 atom stereocenters. The molecule has 2 rings (SSSR count). The Kier molecular flexibility index (Phi) is 4.63. The second kappa shape index (κ2) is 5.55. The first kappa shape index (κ1) is 13.3. The van der Waals surface area contributed by atoms with Gasteiger partial charge in [0.2, 0.25) is 0 Å². The third kappa shape index (κ3) is 2.89. The van der Waals surface area contributed by atoms with Crippen LogP contribution in [0.25, 0.3) is 0 Å². The van der Waals surface area contributed by atoms with E-state index in [0.717, 1.165) is 18.5 Å². The zero-order valence-electron chi connectivity index (χ0n) is 9.99. The van der Waals surface area contributed by atoms with Crippen molar-refractivity contribution in [3.63, 3.8) is 0 Å². The summed E-state index contributed by atoms with van der Waals surface area (Å²) in [7, 11) is 0. The molecule has 90 valence electrons. The van der Waals surface area contributed by atoms with Gasteiger partial charge in [-0.15, -0.1) is 12.4 Å². The number of nitrogens with zero attached hydrogens (tertiary/aromatic N) is 1. The Labute approximate surface area is 104 Å². The summed E-state index contributed by atoms with van der Waals surface area (Å²) in [6.45, 7) is 7.71. The predicted molar refractivity (Wildman–Crippen MR) is 69.6 cm³/mol. The molecule has 0 radical (unpaired) electrons. The standard InChI is InChI=1S/C13H19NO.ClH/c1-10-9-13(15)11(2)8-12(10)4-7-14-5-3-6-14;/h8-9,15H,3-7H2,1-2H3;1H. The fraction of sp³-hybridized carbons (Fsp3) is 0.538. The van der Waals surface area contributed by atoms with E-state index in [1.807, 2.05) is 13.0 Å². The number of aromatic hydroxyl groups is 1. The molecule has 1 aliphatic rings. The summed E-state index contributed by atoms with van der Waals surface area (Å²) in [6, 6.07) is 3.99. The topological polar surface area (TPSA) is 23.5 Å². The molecule has 1 aromatic rings. The maximum Gasteiger partial charge on any atom is 0.118 e. The van der Waals surface area contributed by atoms with Crippen molar-refractivity contribution >= 4 is 12.4 Å². The van der Waals surface area contributed by atoms with Gasteiger partial charge in [-0.2, -0.15) is 0 Å². The Balaban J connectivity index is 0.00000128. The molecule has 16 heavy (non-hydrogen) atoms. The molecule has 2 nitrogen and oxygen atoms in total. The molecule has 0 aliphatic carbocycles. The van der Waals surface area contributed by atoms with Crippen LogP contribution in [0.1, 0.15) is 23.1 Å². The van der Waals surface area contributed by atoms with Crippen molar-refractivity contribution in [3.05, 3.63) is 28.8 Å². The number of aryl methyl sites for hydroxylation is 2. The van der Waals surface area contributed by atoms with E-state index in [4.69, 9.17) is 0 Å². The Morgan fingerprint density at radius 1 is 1.19 bits per heavy atom. The first-order valence-corrected chi connectivity index (χ1v) is 5.68. The number of hydrogen-bond donors (Lipinski definition) is 1. The summed E-state index contributed by atoms with van der Waals surface area (Å²) in [5.74, 6) is 0.417. The molecular formula is C13H20ClNO. The molecule has 0 bridgehead atoms. The number of hydrogen-bond acceptors (Lipinski definition) is 2. The smallest absolute Gasteiger partial charge is 0.118 e. The van der Waals surface area contributed by atoms with Gasteiger partial charge in [0, 0.05) is 6.54 Å². The minimum Gasteiger partial charge on any atom is -0.508 e. The Bertz CT molecular complexity index is 361. The minimum absolute atomic E-state index is 0. The highest BCUT2D eigenvalue weighted by Gasteiger charge is 2.13. The van der Waals surface area contributed by atoms with Crippen LogP contribution in [-0.2, 0) is 6.42 Å². The zero-order chi connectivity index (χ0) is 10.8. The molecule has 0 saturated carbocycles. The molecule has 0 amide bonds. The highest BCUT2D eigenvalue weighted by Crippen LogP contribution is 2.22. The van der Waals surface area contributed by atoms with Crippen molar-refractivity contribution in [2.24, 2.45) is 0 Å². The summed E-state index contributed by atoms with van der Waals surface area (Å²) in [6.07, 6.45) is 2.46. The zero-order valence-corrected chi connectivity index (χ0v) is 10.8. The Morgan fingerprint density at radius 2 is 1.88 bits per heavy atom. The fourth-order valence-electron chi connectivity index (χ4n) is 2.01. The summed E-state index contributed by atoms with van der Waals surface area (Å²) < 4.78 is 0. The number of benzene rings is 1.